The van der Waals surface area contributed by atoms with Gasteiger partial charge >= 0.3 is 0 Å². The quantitative estimate of drug-likeness (QED) is 0.500. The third-order valence-electron chi connectivity index (χ3n) is 2.02. The molecule has 60 valence electrons. The second kappa shape index (κ2) is 4.17. The van der Waals surface area contributed by atoms with Gasteiger partial charge in [0.1, 0.15) is 0 Å². The van der Waals surface area contributed by atoms with Crippen molar-refractivity contribution >= 4 is 0 Å². The standard InChI is InChI=1S/C11H16/c1-3-11-7-5-4-6-10(2)8-9-11/h4-11H,3H2,1-2H3. The first-order valence-electron chi connectivity index (χ1n) is 4.36. The van der Waals surface area contributed by atoms with E-state index in [9.17, 15) is 0 Å². The highest BCUT2D eigenvalue weighted by atomic mass is 14.0. The Morgan fingerprint density at radius 1 is 1.00 bits per heavy atom. The first-order valence-corrected chi connectivity index (χ1v) is 4.36. The van der Waals surface area contributed by atoms with Crippen LogP contribution in [0.1, 0.15) is 20.3 Å². The van der Waals surface area contributed by atoms with Crippen molar-refractivity contribution in [2.24, 2.45) is 11.8 Å². The average Bonchev–Trinajstić information content (AvgIpc) is 1.98. The Morgan fingerprint density at radius 2 is 1.73 bits per heavy atom. The monoisotopic (exact) mass is 148 g/mol. The first kappa shape index (κ1) is 8.32. The van der Waals surface area contributed by atoms with Crippen LogP contribution in [0.5, 0.6) is 0 Å². The molecule has 0 bridgehead atoms. The van der Waals surface area contributed by atoms with E-state index in [0.717, 1.165) is 0 Å². The Morgan fingerprint density at radius 3 is 2.45 bits per heavy atom. The summed E-state index contributed by atoms with van der Waals surface area (Å²) in [4.78, 5) is 0. The fourth-order valence-electron chi connectivity index (χ4n) is 1.16. The van der Waals surface area contributed by atoms with Crippen LogP contribution in [-0.2, 0) is 0 Å². The Bertz CT molecular complexity index is 184. The zero-order valence-corrected chi connectivity index (χ0v) is 7.33. The lowest BCUT2D eigenvalue weighted by Gasteiger charge is -2.06. The molecule has 0 heteroatoms. The summed E-state index contributed by atoms with van der Waals surface area (Å²) in [6.07, 6.45) is 14.5. The second-order valence-corrected chi connectivity index (χ2v) is 3.09. The smallest absolute Gasteiger partial charge is 0.00528 e. The van der Waals surface area contributed by atoms with Crippen LogP contribution in [0.25, 0.3) is 0 Å². The molecule has 0 amide bonds. The summed E-state index contributed by atoms with van der Waals surface area (Å²) in [6, 6.07) is 0. The maximum atomic E-state index is 2.30. The molecule has 0 aromatic rings. The zero-order valence-electron chi connectivity index (χ0n) is 7.33. The number of hydrogen-bond acceptors (Lipinski definition) is 0. The van der Waals surface area contributed by atoms with Crippen LogP contribution in [0.15, 0.2) is 36.5 Å². The predicted octanol–water partition coefficient (Wildman–Crippen LogP) is 3.33. The van der Waals surface area contributed by atoms with E-state index < -0.39 is 0 Å². The largest absolute Gasteiger partial charge is 0.0813 e. The lowest BCUT2D eigenvalue weighted by Crippen LogP contribution is -1.92. The van der Waals surface area contributed by atoms with E-state index in [-0.39, 0.29) is 0 Å². The van der Waals surface area contributed by atoms with Crippen LogP contribution in [0.3, 0.4) is 0 Å². The van der Waals surface area contributed by atoms with Crippen LogP contribution in [0.4, 0.5) is 0 Å². The molecule has 0 saturated heterocycles. The fraction of sp³-hybridized carbons (Fsp3) is 0.455. The minimum Gasteiger partial charge on any atom is -0.0813 e. The molecule has 1 rings (SSSR count). The Kier molecular flexibility index (Phi) is 3.15. The Labute approximate surface area is 69.3 Å². The molecule has 1 aliphatic rings. The summed E-state index contributed by atoms with van der Waals surface area (Å²) in [7, 11) is 0. The van der Waals surface area contributed by atoms with E-state index >= 15 is 0 Å². The lowest BCUT2D eigenvalue weighted by molar-refractivity contribution is 0.759. The Balaban J connectivity index is 2.67. The minimum absolute atomic E-state index is 0.592. The zero-order chi connectivity index (χ0) is 8.10. The highest BCUT2D eigenvalue weighted by Gasteiger charge is 1.97. The average molecular weight is 148 g/mol. The van der Waals surface area contributed by atoms with Gasteiger partial charge in [0, 0.05) is 0 Å². The van der Waals surface area contributed by atoms with Crippen LogP contribution >= 0.6 is 0 Å². The molecule has 0 spiro atoms. The summed E-state index contributed by atoms with van der Waals surface area (Å²) in [6.45, 7) is 4.42. The Hall–Kier alpha value is -0.780. The van der Waals surface area contributed by atoms with Gasteiger partial charge in [-0.3, -0.25) is 0 Å². The summed E-state index contributed by atoms with van der Waals surface area (Å²) in [5.41, 5.74) is 0. The summed E-state index contributed by atoms with van der Waals surface area (Å²) >= 11 is 0. The summed E-state index contributed by atoms with van der Waals surface area (Å²) in [5, 5.41) is 0. The molecule has 1 aliphatic carbocycles. The van der Waals surface area contributed by atoms with Gasteiger partial charge in [0.05, 0.1) is 0 Å². The van der Waals surface area contributed by atoms with E-state index in [2.05, 4.69) is 50.3 Å². The molecule has 2 atom stereocenters. The maximum Gasteiger partial charge on any atom is -0.00528 e. The van der Waals surface area contributed by atoms with E-state index in [4.69, 9.17) is 0 Å². The van der Waals surface area contributed by atoms with Gasteiger partial charge in [-0.05, 0) is 18.3 Å². The molecule has 0 nitrogen and oxygen atoms in total. The van der Waals surface area contributed by atoms with Gasteiger partial charge < -0.3 is 0 Å². The summed E-state index contributed by atoms with van der Waals surface area (Å²) in [5.74, 6) is 1.23. The molecule has 2 unspecified atom stereocenters. The molecule has 11 heavy (non-hydrogen) atoms. The third kappa shape index (κ3) is 2.75. The van der Waals surface area contributed by atoms with E-state index in [1.807, 2.05) is 0 Å². The number of rotatable bonds is 1. The van der Waals surface area contributed by atoms with Crippen molar-refractivity contribution in [3.05, 3.63) is 36.5 Å². The van der Waals surface area contributed by atoms with Gasteiger partial charge in [-0.15, -0.1) is 0 Å². The van der Waals surface area contributed by atoms with Crippen LogP contribution < -0.4 is 0 Å². The number of hydrogen-bond donors (Lipinski definition) is 0. The molecular formula is C11H16. The van der Waals surface area contributed by atoms with Crippen molar-refractivity contribution in [1.82, 2.24) is 0 Å². The van der Waals surface area contributed by atoms with Gasteiger partial charge in [-0.2, -0.15) is 0 Å². The van der Waals surface area contributed by atoms with E-state index in [1.165, 1.54) is 6.42 Å². The highest BCUT2D eigenvalue weighted by molar-refractivity contribution is 5.15. The third-order valence-corrected chi connectivity index (χ3v) is 2.02. The molecule has 0 fully saturated rings. The fourth-order valence-corrected chi connectivity index (χ4v) is 1.16. The highest BCUT2D eigenvalue weighted by Crippen LogP contribution is 2.12. The SMILES string of the molecule is CCC1C=CC=CC(C)C=C1. The van der Waals surface area contributed by atoms with Crippen LogP contribution in [0, 0.1) is 11.8 Å². The van der Waals surface area contributed by atoms with Crippen molar-refractivity contribution in [1.29, 1.82) is 0 Å². The van der Waals surface area contributed by atoms with Crippen molar-refractivity contribution in [2.45, 2.75) is 20.3 Å². The van der Waals surface area contributed by atoms with Crippen LogP contribution in [-0.4, -0.2) is 0 Å². The van der Waals surface area contributed by atoms with Crippen molar-refractivity contribution in [3.8, 4) is 0 Å². The molecule has 0 aliphatic heterocycles. The molecule has 0 radical (unpaired) electrons. The molecule has 0 aromatic heterocycles. The van der Waals surface area contributed by atoms with E-state index in [1.54, 1.807) is 0 Å². The minimum atomic E-state index is 0.592. The number of allylic oxidation sites excluding steroid dienone is 6. The summed E-state index contributed by atoms with van der Waals surface area (Å²) < 4.78 is 0. The molecule has 0 N–H and O–H groups in total. The van der Waals surface area contributed by atoms with Gasteiger partial charge in [0.2, 0.25) is 0 Å². The van der Waals surface area contributed by atoms with E-state index in [0.29, 0.717) is 11.8 Å². The maximum absolute atomic E-state index is 2.30. The predicted molar refractivity (Wildman–Crippen MR) is 50.4 cm³/mol. The second-order valence-electron chi connectivity index (χ2n) is 3.09. The van der Waals surface area contributed by atoms with Gasteiger partial charge in [-0.25, -0.2) is 0 Å². The van der Waals surface area contributed by atoms with Crippen LogP contribution in [0.2, 0.25) is 0 Å². The first-order chi connectivity index (χ1) is 5.33. The molecular weight excluding hydrogens is 132 g/mol. The van der Waals surface area contributed by atoms with Gasteiger partial charge in [0.15, 0.2) is 0 Å². The van der Waals surface area contributed by atoms with Crippen molar-refractivity contribution in [3.63, 3.8) is 0 Å². The topological polar surface area (TPSA) is 0 Å². The molecule has 0 aromatic carbocycles. The molecule has 0 saturated carbocycles. The van der Waals surface area contributed by atoms with Crippen molar-refractivity contribution < 1.29 is 0 Å². The van der Waals surface area contributed by atoms with Gasteiger partial charge in [-0.1, -0.05) is 50.3 Å². The normalized spacial score (nSPS) is 30.0. The van der Waals surface area contributed by atoms with Gasteiger partial charge in [0.25, 0.3) is 0 Å². The molecule has 0 heterocycles. The van der Waals surface area contributed by atoms with Crippen molar-refractivity contribution in [2.75, 3.05) is 0 Å². The lowest BCUT2D eigenvalue weighted by atomic mass is 10.00.